The van der Waals surface area contributed by atoms with E-state index in [1.165, 1.54) is 11.1 Å². The zero-order valence-corrected chi connectivity index (χ0v) is 15.5. The number of rotatable bonds is 8. The van der Waals surface area contributed by atoms with Crippen LogP contribution >= 0.6 is 0 Å². The number of hydrogen-bond acceptors (Lipinski definition) is 5. The number of nitrogens with zero attached hydrogens (tertiary/aromatic N) is 2. The number of benzene rings is 1. The van der Waals surface area contributed by atoms with Crippen LogP contribution in [-0.2, 0) is 32.5 Å². The van der Waals surface area contributed by atoms with Gasteiger partial charge in [-0.15, -0.1) is 0 Å². The van der Waals surface area contributed by atoms with Gasteiger partial charge in [-0.05, 0) is 17.5 Å². The van der Waals surface area contributed by atoms with Gasteiger partial charge >= 0.3 is 5.97 Å². The van der Waals surface area contributed by atoms with E-state index in [1.54, 1.807) is 0 Å². The number of aryl methyl sites for hydroxylation is 1. The molecule has 0 saturated carbocycles. The van der Waals surface area contributed by atoms with E-state index in [2.05, 4.69) is 36.1 Å². The van der Waals surface area contributed by atoms with Gasteiger partial charge in [0.05, 0.1) is 19.0 Å². The number of carboxylic acid groups (broad SMARTS) is 1. The van der Waals surface area contributed by atoms with E-state index in [9.17, 15) is 13.2 Å². The molecule has 1 atom stereocenters. The van der Waals surface area contributed by atoms with E-state index in [1.807, 2.05) is 0 Å². The van der Waals surface area contributed by atoms with Crippen molar-refractivity contribution in [2.75, 3.05) is 39.0 Å². The molecule has 7 nitrogen and oxygen atoms in total. The maximum atomic E-state index is 11.8. The Balaban J connectivity index is 1.95. The minimum Gasteiger partial charge on any atom is -0.480 e. The Labute approximate surface area is 149 Å². The fraction of sp³-hybridized carbons (Fsp3) is 0.588. The van der Waals surface area contributed by atoms with Gasteiger partial charge in [-0.2, -0.15) is 4.31 Å². The summed E-state index contributed by atoms with van der Waals surface area (Å²) in [5.74, 6) is -1.17. The molecule has 1 saturated heterocycles. The van der Waals surface area contributed by atoms with Gasteiger partial charge in [0, 0.05) is 26.2 Å². The monoisotopic (exact) mass is 370 g/mol. The Morgan fingerprint density at radius 2 is 1.96 bits per heavy atom. The molecule has 1 fully saturated rings. The first kappa shape index (κ1) is 19.8. The quantitative estimate of drug-likeness (QED) is 0.728. The van der Waals surface area contributed by atoms with Crippen LogP contribution in [0.4, 0.5) is 0 Å². The lowest BCUT2D eigenvalue weighted by atomic mass is 10.1. The lowest BCUT2D eigenvalue weighted by Gasteiger charge is -2.34. The van der Waals surface area contributed by atoms with Crippen LogP contribution < -0.4 is 0 Å². The summed E-state index contributed by atoms with van der Waals surface area (Å²) in [7, 11) is -3.59. The van der Waals surface area contributed by atoms with Crippen LogP contribution in [-0.4, -0.2) is 73.8 Å². The van der Waals surface area contributed by atoms with Crippen molar-refractivity contribution in [3.05, 3.63) is 35.4 Å². The number of carbonyl (C=O) groups is 1. The second-order valence-electron chi connectivity index (χ2n) is 6.35. The molecular weight excluding hydrogens is 344 g/mol. The maximum absolute atomic E-state index is 11.8. The van der Waals surface area contributed by atoms with Crippen LogP contribution in [0.5, 0.6) is 0 Å². The van der Waals surface area contributed by atoms with Crippen molar-refractivity contribution < 1.29 is 23.1 Å². The van der Waals surface area contributed by atoms with Gasteiger partial charge in [0.15, 0.2) is 0 Å². The van der Waals surface area contributed by atoms with Gasteiger partial charge in [-0.3, -0.25) is 9.69 Å². The first-order valence-corrected chi connectivity index (χ1v) is 10.2. The third-order valence-corrected chi connectivity index (χ3v) is 5.46. The zero-order chi connectivity index (χ0) is 18.4. The smallest absolute Gasteiger partial charge is 0.318 e. The molecule has 1 N–H and O–H groups in total. The number of carboxylic acids is 1. The fourth-order valence-electron chi connectivity index (χ4n) is 2.87. The highest BCUT2D eigenvalue weighted by atomic mass is 32.2. The highest BCUT2D eigenvalue weighted by molar-refractivity contribution is 7.88. The number of hydrogen-bond donors (Lipinski definition) is 1. The van der Waals surface area contributed by atoms with Crippen molar-refractivity contribution in [1.29, 1.82) is 0 Å². The van der Waals surface area contributed by atoms with Crippen molar-refractivity contribution in [2.45, 2.75) is 26.0 Å². The Morgan fingerprint density at radius 3 is 2.52 bits per heavy atom. The number of morpholine rings is 1. The fourth-order valence-corrected chi connectivity index (χ4v) is 3.65. The molecule has 0 amide bonds. The Kier molecular flexibility index (Phi) is 6.95. The molecule has 1 unspecified atom stereocenters. The third kappa shape index (κ3) is 6.39. The minimum absolute atomic E-state index is 0.0520. The van der Waals surface area contributed by atoms with Gasteiger partial charge in [0.2, 0.25) is 10.0 Å². The Bertz CT molecular complexity index is 675. The van der Waals surface area contributed by atoms with Crippen molar-refractivity contribution in [3.8, 4) is 0 Å². The van der Waals surface area contributed by atoms with E-state index in [-0.39, 0.29) is 12.6 Å². The summed E-state index contributed by atoms with van der Waals surface area (Å²) in [6, 6.07) is 8.45. The molecule has 1 aliphatic heterocycles. The SMILES string of the molecule is CCc1ccc(CN2CCOC(CN(CC(=O)O)S(C)(=O)=O)C2)cc1. The van der Waals surface area contributed by atoms with Crippen molar-refractivity contribution in [2.24, 2.45) is 0 Å². The predicted molar refractivity (Wildman–Crippen MR) is 94.9 cm³/mol. The molecule has 1 heterocycles. The van der Waals surface area contributed by atoms with Crippen molar-refractivity contribution >= 4 is 16.0 Å². The van der Waals surface area contributed by atoms with E-state index >= 15 is 0 Å². The largest absolute Gasteiger partial charge is 0.480 e. The Morgan fingerprint density at radius 1 is 1.32 bits per heavy atom. The minimum atomic E-state index is -3.59. The van der Waals surface area contributed by atoms with Crippen molar-refractivity contribution in [3.63, 3.8) is 0 Å². The highest BCUT2D eigenvalue weighted by Crippen LogP contribution is 2.14. The predicted octanol–water partition coefficient (Wildman–Crippen LogP) is 0.796. The summed E-state index contributed by atoms with van der Waals surface area (Å²) < 4.78 is 30.1. The average Bonchev–Trinajstić information content (AvgIpc) is 2.54. The molecule has 1 aromatic rings. The first-order valence-electron chi connectivity index (χ1n) is 8.36. The van der Waals surface area contributed by atoms with Gasteiger partial charge in [0.25, 0.3) is 0 Å². The topological polar surface area (TPSA) is 87.2 Å². The molecule has 1 aliphatic rings. The molecule has 2 rings (SSSR count). The molecule has 0 spiro atoms. The van der Waals surface area contributed by atoms with E-state index in [0.29, 0.717) is 13.2 Å². The Hall–Kier alpha value is -1.48. The first-order chi connectivity index (χ1) is 11.8. The van der Waals surface area contributed by atoms with E-state index < -0.39 is 22.5 Å². The van der Waals surface area contributed by atoms with Crippen molar-refractivity contribution in [1.82, 2.24) is 9.21 Å². The van der Waals surface area contributed by atoms with E-state index in [0.717, 1.165) is 30.1 Å². The normalized spacial score (nSPS) is 19.2. The molecule has 140 valence electrons. The number of aliphatic carboxylic acids is 1. The second kappa shape index (κ2) is 8.75. The van der Waals surface area contributed by atoms with Crippen LogP contribution in [0.2, 0.25) is 0 Å². The molecular formula is C17H26N2O5S. The van der Waals surface area contributed by atoms with Crippen LogP contribution in [0.15, 0.2) is 24.3 Å². The van der Waals surface area contributed by atoms with Crippen LogP contribution in [0.3, 0.4) is 0 Å². The van der Waals surface area contributed by atoms with Crippen LogP contribution in [0.25, 0.3) is 0 Å². The molecule has 0 radical (unpaired) electrons. The third-order valence-electron chi connectivity index (χ3n) is 4.25. The summed E-state index contributed by atoms with van der Waals surface area (Å²) >= 11 is 0. The van der Waals surface area contributed by atoms with Gasteiger partial charge < -0.3 is 9.84 Å². The summed E-state index contributed by atoms with van der Waals surface area (Å²) in [6.07, 6.45) is 1.69. The standard InChI is InChI=1S/C17H26N2O5S/c1-3-14-4-6-15(7-5-14)10-18-8-9-24-16(11-18)12-19(13-17(20)21)25(2,22)23/h4-7,16H,3,8-13H2,1-2H3,(H,20,21). The van der Waals surface area contributed by atoms with Crippen LogP contribution in [0.1, 0.15) is 18.1 Å². The maximum Gasteiger partial charge on any atom is 0.318 e. The highest BCUT2D eigenvalue weighted by Gasteiger charge is 2.28. The van der Waals surface area contributed by atoms with Gasteiger partial charge in [-0.25, -0.2) is 8.42 Å². The summed E-state index contributed by atoms with van der Waals surface area (Å²) in [5, 5.41) is 8.91. The summed E-state index contributed by atoms with van der Waals surface area (Å²) in [6.45, 7) is 4.23. The molecule has 0 aromatic heterocycles. The zero-order valence-electron chi connectivity index (χ0n) is 14.7. The van der Waals surface area contributed by atoms with Gasteiger partial charge in [0.1, 0.15) is 6.54 Å². The molecule has 0 aliphatic carbocycles. The van der Waals surface area contributed by atoms with Crippen LogP contribution in [0, 0.1) is 0 Å². The molecule has 25 heavy (non-hydrogen) atoms. The average molecular weight is 370 g/mol. The second-order valence-corrected chi connectivity index (χ2v) is 8.33. The van der Waals surface area contributed by atoms with E-state index in [4.69, 9.17) is 9.84 Å². The molecule has 8 heteroatoms. The number of sulfonamides is 1. The number of ether oxygens (including phenoxy) is 1. The lowest BCUT2D eigenvalue weighted by Crippen LogP contribution is -2.49. The molecule has 1 aromatic carbocycles. The lowest BCUT2D eigenvalue weighted by molar-refractivity contribution is -0.137. The summed E-state index contributed by atoms with van der Waals surface area (Å²) in [4.78, 5) is 13.1. The van der Waals surface area contributed by atoms with Gasteiger partial charge in [-0.1, -0.05) is 31.2 Å². The molecule has 0 bridgehead atoms. The summed E-state index contributed by atoms with van der Waals surface area (Å²) in [5.41, 5.74) is 2.49.